The summed E-state index contributed by atoms with van der Waals surface area (Å²) in [6.07, 6.45) is 0.118. The molecule has 0 unspecified atom stereocenters. The molecule has 1 aromatic rings. The van der Waals surface area contributed by atoms with Crippen LogP contribution < -0.4 is 5.32 Å². The van der Waals surface area contributed by atoms with E-state index in [0.717, 1.165) is 0 Å². The molecule has 116 valence electrons. The van der Waals surface area contributed by atoms with E-state index < -0.39 is 17.7 Å². The number of ether oxygens (including phenoxy) is 1. The maximum absolute atomic E-state index is 12.1. The fourth-order valence-electron chi connectivity index (χ4n) is 1.82. The van der Waals surface area contributed by atoms with Gasteiger partial charge in [0.15, 0.2) is 5.13 Å². The lowest BCUT2D eigenvalue weighted by Gasteiger charge is -2.39. The first-order valence-corrected chi connectivity index (χ1v) is 7.54. The van der Waals surface area contributed by atoms with Crippen molar-refractivity contribution in [1.82, 2.24) is 9.88 Å². The minimum Gasteiger partial charge on any atom is -0.444 e. The Bertz CT molecular complexity index is 538. The zero-order valence-corrected chi connectivity index (χ0v) is 13.1. The molecular weight excluding hydrogens is 294 g/mol. The highest BCUT2D eigenvalue weighted by molar-refractivity contribution is 7.13. The molecule has 0 radical (unpaired) electrons. The van der Waals surface area contributed by atoms with Crippen molar-refractivity contribution in [1.29, 1.82) is 0 Å². The topological polar surface area (TPSA) is 91.8 Å². The van der Waals surface area contributed by atoms with E-state index in [4.69, 9.17) is 9.84 Å². The maximum Gasteiger partial charge on any atom is 0.410 e. The lowest BCUT2D eigenvalue weighted by molar-refractivity contribution is -0.125. The number of rotatable bonds is 3. The SMILES string of the molecule is CC(C)(C)OC(=O)N1CC[C@@H]1C(=O)Nc1nc(CO)cs1. The van der Waals surface area contributed by atoms with Crippen molar-refractivity contribution in [2.75, 3.05) is 11.9 Å². The highest BCUT2D eigenvalue weighted by Crippen LogP contribution is 2.23. The predicted octanol–water partition coefficient (Wildman–Crippen LogP) is 1.58. The quantitative estimate of drug-likeness (QED) is 0.884. The van der Waals surface area contributed by atoms with Gasteiger partial charge in [0, 0.05) is 11.9 Å². The highest BCUT2D eigenvalue weighted by Gasteiger charge is 2.40. The van der Waals surface area contributed by atoms with Crippen LogP contribution in [0.4, 0.5) is 9.93 Å². The number of likely N-dealkylation sites (tertiary alicyclic amines) is 1. The van der Waals surface area contributed by atoms with Crippen molar-refractivity contribution < 1.29 is 19.4 Å². The number of aliphatic hydroxyl groups excluding tert-OH is 1. The van der Waals surface area contributed by atoms with E-state index in [1.807, 2.05) is 0 Å². The highest BCUT2D eigenvalue weighted by atomic mass is 32.1. The Kier molecular flexibility index (Phi) is 4.48. The minimum atomic E-state index is -0.584. The number of carbonyl (C=O) groups is 2. The van der Waals surface area contributed by atoms with Gasteiger partial charge in [0.05, 0.1) is 12.3 Å². The van der Waals surface area contributed by atoms with Gasteiger partial charge < -0.3 is 15.2 Å². The standard InChI is InChI=1S/C13H19N3O4S/c1-13(2,3)20-12(19)16-5-4-9(16)10(18)15-11-14-8(6-17)7-21-11/h7,9,17H,4-6H2,1-3H3,(H,14,15,18)/t9-/m1/s1. The second kappa shape index (κ2) is 5.98. The van der Waals surface area contributed by atoms with Crippen LogP contribution in [-0.2, 0) is 16.1 Å². The van der Waals surface area contributed by atoms with Crippen LogP contribution in [0.2, 0.25) is 0 Å². The van der Waals surface area contributed by atoms with Crippen LogP contribution in [0.25, 0.3) is 0 Å². The van der Waals surface area contributed by atoms with Gasteiger partial charge in [-0.1, -0.05) is 0 Å². The zero-order valence-electron chi connectivity index (χ0n) is 12.3. The molecule has 2 heterocycles. The average Bonchev–Trinajstić information content (AvgIpc) is 2.72. The Labute approximate surface area is 126 Å². The molecule has 1 aliphatic heterocycles. The van der Waals surface area contributed by atoms with Gasteiger partial charge in [-0.3, -0.25) is 9.69 Å². The van der Waals surface area contributed by atoms with E-state index >= 15 is 0 Å². The van der Waals surface area contributed by atoms with Crippen LogP contribution >= 0.6 is 11.3 Å². The second-order valence-electron chi connectivity index (χ2n) is 5.77. The Balaban J connectivity index is 1.92. The van der Waals surface area contributed by atoms with E-state index in [9.17, 15) is 9.59 Å². The van der Waals surface area contributed by atoms with E-state index in [-0.39, 0.29) is 12.5 Å². The van der Waals surface area contributed by atoms with Gasteiger partial charge in [-0.15, -0.1) is 11.3 Å². The van der Waals surface area contributed by atoms with Crippen molar-refractivity contribution in [2.24, 2.45) is 0 Å². The Morgan fingerprint density at radius 1 is 1.57 bits per heavy atom. The summed E-state index contributed by atoms with van der Waals surface area (Å²) in [6.45, 7) is 5.69. The van der Waals surface area contributed by atoms with Crippen molar-refractivity contribution in [3.8, 4) is 0 Å². The number of thiazole rings is 1. The van der Waals surface area contributed by atoms with Crippen molar-refractivity contribution in [3.05, 3.63) is 11.1 Å². The van der Waals surface area contributed by atoms with Crippen LogP contribution in [0.3, 0.4) is 0 Å². The summed E-state index contributed by atoms with van der Waals surface area (Å²) in [5.74, 6) is -0.286. The molecule has 8 heteroatoms. The number of nitrogens with one attached hydrogen (secondary N) is 1. The van der Waals surface area contributed by atoms with Gasteiger partial charge in [0.25, 0.3) is 0 Å². The van der Waals surface area contributed by atoms with Gasteiger partial charge in [0.2, 0.25) is 5.91 Å². The molecule has 0 saturated carbocycles. The summed E-state index contributed by atoms with van der Waals surface area (Å²) >= 11 is 1.24. The molecule has 0 aromatic carbocycles. The van der Waals surface area contributed by atoms with Crippen molar-refractivity contribution in [2.45, 2.75) is 45.4 Å². The van der Waals surface area contributed by atoms with Gasteiger partial charge in [0.1, 0.15) is 11.6 Å². The van der Waals surface area contributed by atoms with Gasteiger partial charge >= 0.3 is 6.09 Å². The second-order valence-corrected chi connectivity index (χ2v) is 6.63. The summed E-state index contributed by atoms with van der Waals surface area (Å²) in [5.41, 5.74) is -0.0770. The molecule has 21 heavy (non-hydrogen) atoms. The van der Waals surface area contributed by atoms with Crippen molar-refractivity contribution in [3.63, 3.8) is 0 Å². The molecule has 1 fully saturated rings. The fourth-order valence-corrected chi connectivity index (χ4v) is 2.53. The Morgan fingerprint density at radius 3 is 2.76 bits per heavy atom. The smallest absolute Gasteiger partial charge is 0.410 e. The number of nitrogens with zero attached hydrogens (tertiary/aromatic N) is 2. The normalized spacial score (nSPS) is 18.1. The van der Waals surface area contributed by atoms with Crippen LogP contribution in [0.5, 0.6) is 0 Å². The predicted molar refractivity (Wildman–Crippen MR) is 78.0 cm³/mol. The average molecular weight is 313 g/mol. The molecule has 0 spiro atoms. The van der Waals surface area contributed by atoms with Gasteiger partial charge in [-0.25, -0.2) is 9.78 Å². The molecule has 1 saturated heterocycles. The van der Waals surface area contributed by atoms with Crippen LogP contribution in [0, 0.1) is 0 Å². The summed E-state index contributed by atoms with van der Waals surface area (Å²) in [7, 11) is 0. The van der Waals surface area contributed by atoms with Crippen LogP contribution in [0.15, 0.2) is 5.38 Å². The first-order chi connectivity index (χ1) is 9.80. The molecular formula is C13H19N3O4S. The number of aromatic nitrogens is 1. The molecule has 2 N–H and O–H groups in total. The molecule has 1 aromatic heterocycles. The van der Waals surface area contributed by atoms with Crippen LogP contribution in [0.1, 0.15) is 32.9 Å². The van der Waals surface area contributed by atoms with E-state index in [1.54, 1.807) is 26.2 Å². The third-order valence-electron chi connectivity index (χ3n) is 2.89. The van der Waals surface area contributed by atoms with E-state index in [0.29, 0.717) is 23.8 Å². The summed E-state index contributed by atoms with van der Waals surface area (Å²) in [5, 5.41) is 13.7. The maximum atomic E-state index is 12.1. The van der Waals surface area contributed by atoms with E-state index in [1.165, 1.54) is 16.2 Å². The monoisotopic (exact) mass is 313 g/mol. The fraction of sp³-hybridized carbons (Fsp3) is 0.615. The first kappa shape index (κ1) is 15.7. The number of hydrogen-bond acceptors (Lipinski definition) is 6. The molecule has 1 aliphatic rings. The summed E-state index contributed by atoms with van der Waals surface area (Å²) in [4.78, 5) is 29.5. The molecule has 0 aliphatic carbocycles. The number of anilines is 1. The lowest BCUT2D eigenvalue weighted by atomic mass is 10.0. The first-order valence-electron chi connectivity index (χ1n) is 6.66. The molecule has 2 amide bonds. The third kappa shape index (κ3) is 3.92. The number of hydrogen-bond donors (Lipinski definition) is 2. The van der Waals surface area contributed by atoms with Crippen molar-refractivity contribution >= 4 is 28.5 Å². The zero-order chi connectivity index (χ0) is 15.6. The summed E-state index contributed by atoms with van der Waals surface area (Å²) in [6, 6.07) is -0.527. The molecule has 1 atom stereocenters. The lowest BCUT2D eigenvalue weighted by Crippen LogP contribution is -2.57. The number of aliphatic hydroxyl groups is 1. The summed E-state index contributed by atoms with van der Waals surface area (Å²) < 4.78 is 5.25. The van der Waals surface area contributed by atoms with Crippen LogP contribution in [-0.4, -0.2) is 45.2 Å². The van der Waals surface area contributed by atoms with Gasteiger partial charge in [-0.05, 0) is 27.2 Å². The molecule has 7 nitrogen and oxygen atoms in total. The Morgan fingerprint density at radius 2 is 2.29 bits per heavy atom. The Hall–Kier alpha value is -1.67. The van der Waals surface area contributed by atoms with Gasteiger partial charge in [-0.2, -0.15) is 0 Å². The van der Waals surface area contributed by atoms with E-state index in [2.05, 4.69) is 10.3 Å². The number of carbonyl (C=O) groups excluding carboxylic acids is 2. The molecule has 0 bridgehead atoms. The number of amides is 2. The largest absolute Gasteiger partial charge is 0.444 e. The third-order valence-corrected chi connectivity index (χ3v) is 3.70. The molecule has 2 rings (SSSR count). The minimum absolute atomic E-state index is 0.167.